The average Bonchev–Trinajstić information content (AvgIpc) is 2.95. The number of aromatic nitrogens is 1. The maximum absolute atomic E-state index is 11.2. The fourth-order valence-corrected chi connectivity index (χ4v) is 2.64. The van der Waals surface area contributed by atoms with Crippen molar-refractivity contribution in [3.63, 3.8) is 0 Å². The predicted octanol–water partition coefficient (Wildman–Crippen LogP) is 4.50. The van der Waals surface area contributed by atoms with Crippen LogP contribution in [0.2, 0.25) is 0 Å². The summed E-state index contributed by atoms with van der Waals surface area (Å²) in [7, 11) is 0. The standard InChI is InChI=1S/C15H17ClN2OS/c1-3-10(2)11-4-6-12(7-5-11)13-9-20-15(17-13)18-14(19)8-16/h4-7,9-10H,3,8H2,1-2H3,(H,17,18,19)/t10-/m1/s1. The average molecular weight is 309 g/mol. The van der Waals surface area contributed by atoms with Crippen molar-refractivity contribution in [1.29, 1.82) is 0 Å². The number of nitrogens with zero attached hydrogens (tertiary/aromatic N) is 1. The molecule has 2 rings (SSSR count). The van der Waals surface area contributed by atoms with Crippen LogP contribution in [0.15, 0.2) is 29.6 Å². The molecule has 0 fully saturated rings. The van der Waals surface area contributed by atoms with Crippen molar-refractivity contribution in [2.45, 2.75) is 26.2 Å². The summed E-state index contributed by atoms with van der Waals surface area (Å²) >= 11 is 6.85. The molecule has 3 nitrogen and oxygen atoms in total. The van der Waals surface area contributed by atoms with E-state index in [0.717, 1.165) is 17.7 Å². The molecule has 0 saturated heterocycles. The number of carbonyl (C=O) groups excluding carboxylic acids is 1. The Bertz CT molecular complexity index is 580. The van der Waals surface area contributed by atoms with E-state index < -0.39 is 0 Å². The van der Waals surface area contributed by atoms with Gasteiger partial charge in [0.2, 0.25) is 5.91 Å². The minimum Gasteiger partial charge on any atom is -0.301 e. The molecule has 0 radical (unpaired) electrons. The number of hydrogen-bond acceptors (Lipinski definition) is 3. The SMILES string of the molecule is CC[C@@H](C)c1ccc(-c2csc(NC(=O)CCl)n2)cc1. The molecule has 1 atom stereocenters. The van der Waals surface area contributed by atoms with E-state index in [4.69, 9.17) is 11.6 Å². The van der Waals surface area contributed by atoms with Gasteiger partial charge in [0.25, 0.3) is 0 Å². The molecular formula is C15H17ClN2OS. The number of thiazole rings is 1. The number of alkyl halides is 1. The highest BCUT2D eigenvalue weighted by Gasteiger charge is 2.08. The molecule has 0 aliphatic rings. The van der Waals surface area contributed by atoms with Crippen LogP contribution >= 0.6 is 22.9 Å². The third-order valence-corrected chi connectivity index (χ3v) is 4.26. The number of halogens is 1. The number of hydrogen-bond donors (Lipinski definition) is 1. The first-order valence-electron chi connectivity index (χ1n) is 6.55. The van der Waals surface area contributed by atoms with E-state index in [2.05, 4.69) is 48.4 Å². The van der Waals surface area contributed by atoms with E-state index >= 15 is 0 Å². The van der Waals surface area contributed by atoms with Crippen LogP contribution in [0.4, 0.5) is 5.13 Å². The van der Waals surface area contributed by atoms with Crippen LogP contribution in [0.3, 0.4) is 0 Å². The molecule has 0 bridgehead atoms. The van der Waals surface area contributed by atoms with Crippen molar-refractivity contribution in [2.75, 3.05) is 11.2 Å². The fourth-order valence-electron chi connectivity index (χ4n) is 1.83. The molecule has 2 aromatic rings. The second kappa shape index (κ2) is 6.86. The van der Waals surface area contributed by atoms with E-state index in [-0.39, 0.29) is 11.8 Å². The van der Waals surface area contributed by atoms with Crippen LogP contribution in [0.25, 0.3) is 11.3 Å². The molecule has 0 unspecified atom stereocenters. The van der Waals surface area contributed by atoms with Crippen molar-refractivity contribution in [3.05, 3.63) is 35.2 Å². The molecule has 0 saturated carbocycles. The Kier molecular flexibility index (Phi) is 5.15. The van der Waals surface area contributed by atoms with E-state index in [9.17, 15) is 4.79 Å². The number of benzene rings is 1. The first kappa shape index (κ1) is 15.0. The van der Waals surface area contributed by atoms with Crippen molar-refractivity contribution in [3.8, 4) is 11.3 Å². The van der Waals surface area contributed by atoms with Crippen molar-refractivity contribution >= 4 is 34.0 Å². The molecule has 0 spiro atoms. The van der Waals surface area contributed by atoms with Gasteiger partial charge in [-0.05, 0) is 17.9 Å². The Hall–Kier alpha value is -1.39. The van der Waals surface area contributed by atoms with Gasteiger partial charge in [-0.3, -0.25) is 4.79 Å². The second-order valence-corrected chi connectivity index (χ2v) is 5.78. The fraction of sp³-hybridized carbons (Fsp3) is 0.333. The maximum Gasteiger partial charge on any atom is 0.241 e. The lowest BCUT2D eigenvalue weighted by atomic mass is 9.97. The van der Waals surface area contributed by atoms with Gasteiger partial charge >= 0.3 is 0 Å². The summed E-state index contributed by atoms with van der Waals surface area (Å²) in [4.78, 5) is 15.6. The Morgan fingerprint density at radius 1 is 1.40 bits per heavy atom. The summed E-state index contributed by atoms with van der Waals surface area (Å²) in [6.07, 6.45) is 1.13. The summed E-state index contributed by atoms with van der Waals surface area (Å²) in [6.45, 7) is 4.41. The molecule has 1 N–H and O–H groups in total. The van der Waals surface area contributed by atoms with Gasteiger partial charge in [0.1, 0.15) is 5.88 Å². The first-order chi connectivity index (χ1) is 9.63. The van der Waals surface area contributed by atoms with Gasteiger partial charge in [0, 0.05) is 10.9 Å². The van der Waals surface area contributed by atoms with E-state index in [0.29, 0.717) is 11.0 Å². The summed E-state index contributed by atoms with van der Waals surface area (Å²) in [5.41, 5.74) is 3.26. The van der Waals surface area contributed by atoms with E-state index in [1.54, 1.807) is 0 Å². The lowest BCUT2D eigenvalue weighted by Crippen LogP contribution is -2.12. The molecule has 0 aliphatic heterocycles. The van der Waals surface area contributed by atoms with Crippen LogP contribution < -0.4 is 5.32 Å². The van der Waals surface area contributed by atoms with Crippen molar-refractivity contribution in [2.24, 2.45) is 0 Å². The number of amides is 1. The number of anilines is 1. The minimum absolute atomic E-state index is 0.0570. The first-order valence-corrected chi connectivity index (χ1v) is 7.97. The number of rotatable bonds is 5. The molecule has 5 heteroatoms. The Morgan fingerprint density at radius 3 is 2.70 bits per heavy atom. The molecule has 1 heterocycles. The largest absolute Gasteiger partial charge is 0.301 e. The van der Waals surface area contributed by atoms with Crippen LogP contribution in [-0.4, -0.2) is 16.8 Å². The molecule has 1 aromatic heterocycles. The molecule has 106 valence electrons. The van der Waals surface area contributed by atoms with Crippen molar-refractivity contribution in [1.82, 2.24) is 4.98 Å². The van der Waals surface area contributed by atoms with Gasteiger partial charge in [-0.15, -0.1) is 22.9 Å². The minimum atomic E-state index is -0.236. The van der Waals surface area contributed by atoms with E-state index in [1.807, 2.05) is 5.38 Å². The third kappa shape index (κ3) is 3.58. The van der Waals surface area contributed by atoms with E-state index in [1.165, 1.54) is 16.9 Å². The number of carbonyl (C=O) groups is 1. The van der Waals surface area contributed by atoms with Crippen LogP contribution in [0.1, 0.15) is 31.7 Å². The molecule has 0 aliphatic carbocycles. The van der Waals surface area contributed by atoms with Crippen LogP contribution in [0.5, 0.6) is 0 Å². The third-order valence-electron chi connectivity index (χ3n) is 3.26. The normalized spacial score (nSPS) is 12.2. The topological polar surface area (TPSA) is 42.0 Å². The smallest absolute Gasteiger partial charge is 0.241 e. The van der Waals surface area contributed by atoms with Gasteiger partial charge in [-0.25, -0.2) is 4.98 Å². The van der Waals surface area contributed by atoms with Gasteiger partial charge in [0.15, 0.2) is 5.13 Å². The lowest BCUT2D eigenvalue weighted by molar-refractivity contribution is -0.113. The number of nitrogens with one attached hydrogen (secondary N) is 1. The highest BCUT2D eigenvalue weighted by molar-refractivity contribution is 7.14. The Balaban J connectivity index is 2.14. The maximum atomic E-state index is 11.2. The van der Waals surface area contributed by atoms with Crippen molar-refractivity contribution < 1.29 is 4.79 Å². The predicted molar refractivity (Wildman–Crippen MR) is 85.6 cm³/mol. The summed E-state index contributed by atoms with van der Waals surface area (Å²) in [5, 5.41) is 5.17. The van der Waals surface area contributed by atoms with Gasteiger partial charge in [0.05, 0.1) is 5.69 Å². The van der Waals surface area contributed by atoms with Crippen LogP contribution in [0, 0.1) is 0 Å². The molecule has 1 aromatic carbocycles. The zero-order valence-electron chi connectivity index (χ0n) is 11.5. The second-order valence-electron chi connectivity index (χ2n) is 4.65. The van der Waals surface area contributed by atoms with Crippen LogP contribution in [-0.2, 0) is 4.79 Å². The summed E-state index contributed by atoms with van der Waals surface area (Å²) in [5.74, 6) is 0.274. The van der Waals surface area contributed by atoms with Gasteiger partial charge in [-0.2, -0.15) is 0 Å². The quantitative estimate of drug-likeness (QED) is 0.826. The molecular weight excluding hydrogens is 292 g/mol. The van der Waals surface area contributed by atoms with Gasteiger partial charge in [-0.1, -0.05) is 38.1 Å². The lowest BCUT2D eigenvalue weighted by Gasteiger charge is -2.08. The highest BCUT2D eigenvalue weighted by Crippen LogP contribution is 2.27. The monoisotopic (exact) mass is 308 g/mol. The van der Waals surface area contributed by atoms with Gasteiger partial charge < -0.3 is 5.32 Å². The molecule has 20 heavy (non-hydrogen) atoms. The zero-order chi connectivity index (χ0) is 14.5. The highest BCUT2D eigenvalue weighted by atomic mass is 35.5. The Morgan fingerprint density at radius 2 is 2.10 bits per heavy atom. The summed E-state index contributed by atoms with van der Waals surface area (Å²) in [6, 6.07) is 8.42. The summed E-state index contributed by atoms with van der Waals surface area (Å²) < 4.78 is 0. The zero-order valence-corrected chi connectivity index (χ0v) is 13.1. The Labute approximate surface area is 128 Å². The molecule has 1 amide bonds.